The van der Waals surface area contributed by atoms with Gasteiger partial charge in [0.05, 0.1) is 17.2 Å². The third-order valence-corrected chi connectivity index (χ3v) is 2.18. The quantitative estimate of drug-likeness (QED) is 0.780. The highest BCUT2D eigenvalue weighted by atomic mass is 19.4. The number of alkyl halides is 3. The molecule has 0 aliphatic carbocycles. The van der Waals surface area contributed by atoms with Crippen LogP contribution in [0.3, 0.4) is 0 Å². The van der Waals surface area contributed by atoms with E-state index in [9.17, 15) is 13.2 Å². The smallest absolute Gasteiger partial charge is 0.326 e. The minimum absolute atomic E-state index is 0.00949. The first-order valence-electron chi connectivity index (χ1n) is 4.21. The molecule has 0 fully saturated rings. The van der Waals surface area contributed by atoms with Crippen molar-refractivity contribution in [1.29, 1.82) is 5.26 Å². The second-order valence-corrected chi connectivity index (χ2v) is 3.12. The summed E-state index contributed by atoms with van der Waals surface area (Å²) in [5, 5.41) is 8.67. The van der Waals surface area contributed by atoms with Crippen LogP contribution < -0.4 is 5.73 Å². The van der Waals surface area contributed by atoms with E-state index in [0.29, 0.717) is 11.1 Å². The van der Waals surface area contributed by atoms with Crippen molar-refractivity contribution in [3.8, 4) is 6.07 Å². The van der Waals surface area contributed by atoms with Crippen molar-refractivity contribution in [3.05, 3.63) is 34.4 Å². The number of halogens is 3. The summed E-state index contributed by atoms with van der Waals surface area (Å²) < 4.78 is 37.2. The molecule has 0 radical (unpaired) electrons. The van der Waals surface area contributed by atoms with Crippen LogP contribution in [-0.2, 0) is 12.7 Å². The summed E-state index contributed by atoms with van der Waals surface area (Å²) in [5.74, 6) is 0. The predicted molar refractivity (Wildman–Crippen MR) is 48.8 cm³/mol. The van der Waals surface area contributed by atoms with Gasteiger partial charge in [-0.3, -0.25) is 0 Å². The molecule has 0 bridgehead atoms. The summed E-state index contributed by atoms with van der Waals surface area (Å²) in [6, 6.07) is 3.55. The van der Waals surface area contributed by atoms with Crippen LogP contribution in [0.2, 0.25) is 0 Å². The summed E-state index contributed by atoms with van der Waals surface area (Å²) in [7, 11) is 0. The van der Waals surface area contributed by atoms with Crippen molar-refractivity contribution in [1.82, 2.24) is 0 Å². The van der Waals surface area contributed by atoms with Gasteiger partial charge in [-0.05, 0) is 30.2 Å². The standard InChI is InChI=1S/C10H9F3N2/c1-6-7(4-14)2-9(10(11,12)13)3-8(6)5-15/h2-3H,4,14H2,1H3. The Labute approximate surface area is 85.1 Å². The molecule has 1 aromatic carbocycles. The van der Waals surface area contributed by atoms with E-state index >= 15 is 0 Å². The van der Waals surface area contributed by atoms with Gasteiger partial charge in [0.1, 0.15) is 0 Å². The summed E-state index contributed by atoms with van der Waals surface area (Å²) in [4.78, 5) is 0. The first kappa shape index (κ1) is 11.5. The average molecular weight is 214 g/mol. The van der Waals surface area contributed by atoms with Gasteiger partial charge in [-0.25, -0.2) is 0 Å². The zero-order valence-electron chi connectivity index (χ0n) is 8.02. The van der Waals surface area contributed by atoms with E-state index in [1.54, 1.807) is 13.0 Å². The van der Waals surface area contributed by atoms with Crippen LogP contribution in [0.5, 0.6) is 0 Å². The molecule has 0 spiro atoms. The van der Waals surface area contributed by atoms with Crippen LogP contribution in [0.1, 0.15) is 22.3 Å². The van der Waals surface area contributed by atoms with Crippen molar-refractivity contribution in [2.75, 3.05) is 0 Å². The number of nitrogens with zero attached hydrogens (tertiary/aromatic N) is 1. The lowest BCUT2D eigenvalue weighted by atomic mass is 9.99. The van der Waals surface area contributed by atoms with E-state index in [1.807, 2.05) is 0 Å². The molecule has 0 unspecified atom stereocenters. The summed E-state index contributed by atoms with van der Waals surface area (Å²) in [6.45, 7) is 1.57. The van der Waals surface area contributed by atoms with Crippen molar-refractivity contribution in [3.63, 3.8) is 0 Å². The maximum absolute atomic E-state index is 12.4. The van der Waals surface area contributed by atoms with Crippen LogP contribution >= 0.6 is 0 Å². The van der Waals surface area contributed by atoms with Crippen LogP contribution in [-0.4, -0.2) is 0 Å². The maximum atomic E-state index is 12.4. The van der Waals surface area contributed by atoms with Crippen LogP contribution in [0.4, 0.5) is 13.2 Å². The Morgan fingerprint density at radius 2 is 2.00 bits per heavy atom. The van der Waals surface area contributed by atoms with Gasteiger partial charge in [0, 0.05) is 6.54 Å². The van der Waals surface area contributed by atoms with E-state index in [1.165, 1.54) is 0 Å². The molecule has 2 N–H and O–H groups in total. The highest BCUT2D eigenvalue weighted by Crippen LogP contribution is 2.31. The molecule has 0 saturated heterocycles. The maximum Gasteiger partial charge on any atom is 0.416 e. The van der Waals surface area contributed by atoms with Crippen molar-refractivity contribution >= 4 is 0 Å². The Hall–Kier alpha value is -1.54. The molecule has 15 heavy (non-hydrogen) atoms. The van der Waals surface area contributed by atoms with Gasteiger partial charge in [-0.1, -0.05) is 0 Å². The van der Waals surface area contributed by atoms with Crippen molar-refractivity contribution in [2.45, 2.75) is 19.6 Å². The highest BCUT2D eigenvalue weighted by molar-refractivity contribution is 5.45. The lowest BCUT2D eigenvalue weighted by Crippen LogP contribution is -2.09. The largest absolute Gasteiger partial charge is 0.416 e. The van der Waals surface area contributed by atoms with Gasteiger partial charge in [0.15, 0.2) is 0 Å². The van der Waals surface area contributed by atoms with Gasteiger partial charge < -0.3 is 5.73 Å². The molecule has 0 saturated carbocycles. The molecule has 0 atom stereocenters. The van der Waals surface area contributed by atoms with E-state index < -0.39 is 11.7 Å². The third kappa shape index (κ3) is 2.28. The molecule has 0 aliphatic heterocycles. The van der Waals surface area contributed by atoms with Crippen molar-refractivity contribution < 1.29 is 13.2 Å². The van der Waals surface area contributed by atoms with Gasteiger partial charge >= 0.3 is 6.18 Å². The van der Waals surface area contributed by atoms with Gasteiger partial charge in [0.25, 0.3) is 0 Å². The van der Waals surface area contributed by atoms with E-state index in [0.717, 1.165) is 12.1 Å². The van der Waals surface area contributed by atoms with Gasteiger partial charge in [0.2, 0.25) is 0 Å². The number of nitrogens with two attached hydrogens (primary N) is 1. The fourth-order valence-electron chi connectivity index (χ4n) is 1.27. The Morgan fingerprint density at radius 3 is 2.40 bits per heavy atom. The van der Waals surface area contributed by atoms with Crippen LogP contribution in [0, 0.1) is 18.3 Å². The monoisotopic (exact) mass is 214 g/mol. The number of hydrogen-bond acceptors (Lipinski definition) is 2. The molecule has 0 amide bonds. The fourth-order valence-corrected chi connectivity index (χ4v) is 1.27. The second kappa shape index (κ2) is 3.91. The molecule has 1 aromatic rings. The van der Waals surface area contributed by atoms with Gasteiger partial charge in [-0.2, -0.15) is 18.4 Å². The normalized spacial score (nSPS) is 11.2. The van der Waals surface area contributed by atoms with E-state index in [-0.39, 0.29) is 12.1 Å². The first-order valence-corrected chi connectivity index (χ1v) is 4.21. The van der Waals surface area contributed by atoms with Gasteiger partial charge in [-0.15, -0.1) is 0 Å². The summed E-state index contributed by atoms with van der Waals surface area (Å²) >= 11 is 0. The van der Waals surface area contributed by atoms with Crippen LogP contribution in [0.25, 0.3) is 0 Å². The zero-order valence-corrected chi connectivity index (χ0v) is 8.02. The fraction of sp³-hybridized carbons (Fsp3) is 0.300. The Balaban J connectivity index is 3.42. The van der Waals surface area contributed by atoms with E-state index in [2.05, 4.69) is 0 Å². The Morgan fingerprint density at radius 1 is 1.40 bits per heavy atom. The summed E-state index contributed by atoms with van der Waals surface area (Å²) in [5.41, 5.74) is 5.36. The van der Waals surface area contributed by atoms with Crippen LogP contribution in [0.15, 0.2) is 12.1 Å². The number of nitriles is 1. The molecular formula is C10H9F3N2. The Bertz CT molecular complexity index is 416. The van der Waals surface area contributed by atoms with Crippen molar-refractivity contribution in [2.24, 2.45) is 5.73 Å². The molecule has 80 valence electrons. The topological polar surface area (TPSA) is 49.8 Å². The van der Waals surface area contributed by atoms with E-state index in [4.69, 9.17) is 11.0 Å². The number of rotatable bonds is 1. The molecular weight excluding hydrogens is 205 g/mol. The SMILES string of the molecule is Cc1c(C#N)cc(C(F)(F)F)cc1CN. The Kier molecular flexibility index (Phi) is 3.01. The second-order valence-electron chi connectivity index (χ2n) is 3.12. The average Bonchev–Trinajstić information content (AvgIpc) is 2.16. The highest BCUT2D eigenvalue weighted by Gasteiger charge is 2.31. The molecule has 2 nitrogen and oxygen atoms in total. The molecule has 0 heterocycles. The lowest BCUT2D eigenvalue weighted by Gasteiger charge is -2.11. The predicted octanol–water partition coefficient (Wildman–Crippen LogP) is 2.34. The molecule has 0 aromatic heterocycles. The first-order chi connectivity index (χ1) is 6.90. The number of hydrogen-bond donors (Lipinski definition) is 1. The zero-order chi connectivity index (χ0) is 11.6. The molecule has 1 rings (SSSR count). The molecule has 0 aliphatic rings. The number of benzene rings is 1. The minimum Gasteiger partial charge on any atom is -0.326 e. The summed E-state index contributed by atoms with van der Waals surface area (Å²) in [6.07, 6.45) is -4.44. The minimum atomic E-state index is -4.44. The molecule has 5 heteroatoms. The lowest BCUT2D eigenvalue weighted by molar-refractivity contribution is -0.137. The third-order valence-electron chi connectivity index (χ3n) is 2.18.